The minimum Gasteiger partial charge on any atom is -0.313 e. The Morgan fingerprint density at radius 3 is 2.67 bits per heavy atom. The molecule has 0 amide bonds. The lowest BCUT2D eigenvalue weighted by molar-refractivity contribution is 0.149. The smallest absolute Gasteiger partial charge is 0.268 e. The average molecular weight is 246 g/mol. The normalized spacial score (nSPS) is 17.6. The van der Waals surface area contributed by atoms with Crippen molar-refractivity contribution in [1.82, 2.24) is 14.4 Å². The van der Waals surface area contributed by atoms with Gasteiger partial charge in [-0.25, -0.2) is 0 Å². The van der Waals surface area contributed by atoms with E-state index in [1.165, 1.54) is 0 Å². The summed E-state index contributed by atoms with van der Waals surface area (Å²) >= 11 is 0. The molecule has 5 heteroatoms. The fourth-order valence-corrected chi connectivity index (χ4v) is 2.12. The van der Waals surface area contributed by atoms with Crippen LogP contribution in [0.1, 0.15) is 5.56 Å². The molecule has 5 nitrogen and oxygen atoms in total. The molecule has 2 heterocycles. The minimum atomic E-state index is -0.186. The molecule has 1 aromatic rings. The maximum Gasteiger partial charge on any atom is 0.268 e. The Morgan fingerprint density at radius 2 is 2.00 bits per heavy atom. The van der Waals surface area contributed by atoms with E-state index >= 15 is 0 Å². The lowest BCUT2D eigenvalue weighted by Crippen LogP contribution is -2.45. The van der Waals surface area contributed by atoms with E-state index in [1.54, 1.807) is 22.9 Å². The van der Waals surface area contributed by atoms with Gasteiger partial charge in [-0.2, -0.15) is 5.26 Å². The van der Waals surface area contributed by atoms with Crippen molar-refractivity contribution in [3.05, 3.63) is 34.2 Å². The lowest BCUT2D eigenvalue weighted by Gasteiger charge is -2.32. The number of pyridine rings is 1. The van der Waals surface area contributed by atoms with Gasteiger partial charge in [-0.15, -0.1) is 0 Å². The Hall–Kier alpha value is -1.64. The zero-order valence-electron chi connectivity index (χ0n) is 10.7. The molecule has 1 aliphatic heterocycles. The second kappa shape index (κ2) is 5.80. The quantitative estimate of drug-likeness (QED) is 0.751. The summed E-state index contributed by atoms with van der Waals surface area (Å²) in [7, 11) is 2.12. The third-order valence-corrected chi connectivity index (χ3v) is 3.39. The summed E-state index contributed by atoms with van der Waals surface area (Å²) in [4.78, 5) is 16.5. The zero-order chi connectivity index (χ0) is 13.0. The molecule has 0 aromatic carbocycles. The highest BCUT2D eigenvalue weighted by molar-refractivity contribution is 5.24. The van der Waals surface area contributed by atoms with Gasteiger partial charge in [0, 0.05) is 45.5 Å². The Labute approximate surface area is 107 Å². The molecule has 0 aliphatic carbocycles. The summed E-state index contributed by atoms with van der Waals surface area (Å²) in [5.74, 6) is 0. The fraction of sp³-hybridized carbons (Fsp3) is 0.538. The molecule has 96 valence electrons. The Balaban J connectivity index is 1.95. The molecule has 0 saturated carbocycles. The van der Waals surface area contributed by atoms with Gasteiger partial charge < -0.3 is 9.47 Å². The van der Waals surface area contributed by atoms with Crippen molar-refractivity contribution in [2.75, 3.05) is 39.8 Å². The van der Waals surface area contributed by atoms with Crippen molar-refractivity contribution in [2.45, 2.75) is 6.54 Å². The fourth-order valence-electron chi connectivity index (χ4n) is 2.12. The molecular weight excluding hydrogens is 228 g/mol. The van der Waals surface area contributed by atoms with Gasteiger partial charge in [0.2, 0.25) is 0 Å². The Bertz CT molecular complexity index is 494. The van der Waals surface area contributed by atoms with Crippen molar-refractivity contribution in [1.29, 1.82) is 5.26 Å². The molecule has 1 saturated heterocycles. The Morgan fingerprint density at radius 1 is 1.28 bits per heavy atom. The molecule has 0 radical (unpaired) electrons. The van der Waals surface area contributed by atoms with Gasteiger partial charge in [0.1, 0.15) is 11.6 Å². The van der Waals surface area contributed by atoms with Crippen molar-refractivity contribution in [3.63, 3.8) is 0 Å². The molecule has 0 bridgehead atoms. The third kappa shape index (κ3) is 2.97. The minimum absolute atomic E-state index is 0.186. The van der Waals surface area contributed by atoms with Gasteiger partial charge in [-0.05, 0) is 19.2 Å². The average Bonchev–Trinajstić information content (AvgIpc) is 2.39. The van der Waals surface area contributed by atoms with Gasteiger partial charge in [-0.3, -0.25) is 9.69 Å². The summed E-state index contributed by atoms with van der Waals surface area (Å²) in [5, 5.41) is 8.81. The van der Waals surface area contributed by atoms with Gasteiger partial charge >= 0.3 is 0 Å². The van der Waals surface area contributed by atoms with Crippen molar-refractivity contribution < 1.29 is 0 Å². The summed E-state index contributed by atoms with van der Waals surface area (Å²) in [6, 6.07) is 5.24. The largest absolute Gasteiger partial charge is 0.313 e. The number of likely N-dealkylation sites (N-methyl/N-ethyl adjacent to an activating group) is 1. The van der Waals surface area contributed by atoms with E-state index in [9.17, 15) is 4.79 Å². The SMILES string of the molecule is CN1CCN(CCn2cccc(C#N)c2=O)CC1. The molecule has 18 heavy (non-hydrogen) atoms. The monoisotopic (exact) mass is 246 g/mol. The molecule has 1 aliphatic rings. The molecule has 0 spiro atoms. The number of rotatable bonds is 3. The maximum absolute atomic E-state index is 11.8. The van der Waals surface area contributed by atoms with Crippen LogP contribution in [0.4, 0.5) is 0 Å². The van der Waals surface area contributed by atoms with Gasteiger partial charge in [-0.1, -0.05) is 0 Å². The second-order valence-corrected chi connectivity index (χ2v) is 4.68. The van der Waals surface area contributed by atoms with Crippen molar-refractivity contribution in [2.24, 2.45) is 0 Å². The van der Waals surface area contributed by atoms with Gasteiger partial charge in [0.25, 0.3) is 5.56 Å². The van der Waals surface area contributed by atoms with Crippen LogP contribution in [-0.2, 0) is 6.54 Å². The molecule has 0 N–H and O–H groups in total. The highest BCUT2D eigenvalue weighted by Crippen LogP contribution is 1.99. The van der Waals surface area contributed by atoms with E-state index in [1.807, 2.05) is 6.07 Å². The first kappa shape index (κ1) is 12.8. The number of hydrogen-bond acceptors (Lipinski definition) is 4. The summed E-state index contributed by atoms with van der Waals surface area (Å²) < 4.78 is 1.62. The van der Waals surface area contributed by atoms with Crippen LogP contribution >= 0.6 is 0 Å². The number of hydrogen-bond donors (Lipinski definition) is 0. The first-order valence-corrected chi connectivity index (χ1v) is 6.21. The van der Waals surface area contributed by atoms with Crippen LogP contribution in [0.15, 0.2) is 23.1 Å². The summed E-state index contributed by atoms with van der Waals surface area (Å²) in [6.45, 7) is 5.76. The van der Waals surface area contributed by atoms with E-state index < -0.39 is 0 Å². The van der Waals surface area contributed by atoms with Crippen molar-refractivity contribution in [3.8, 4) is 6.07 Å². The topological polar surface area (TPSA) is 52.3 Å². The molecular formula is C13H18N4O. The van der Waals surface area contributed by atoms with Crippen LogP contribution in [0.3, 0.4) is 0 Å². The molecule has 1 aromatic heterocycles. The van der Waals surface area contributed by atoms with E-state index in [2.05, 4.69) is 16.8 Å². The molecule has 2 rings (SSSR count). The first-order valence-electron chi connectivity index (χ1n) is 6.21. The molecule has 0 atom stereocenters. The van der Waals surface area contributed by atoms with Crippen LogP contribution in [-0.4, -0.2) is 54.1 Å². The number of aromatic nitrogens is 1. The van der Waals surface area contributed by atoms with Gasteiger partial charge in [0.05, 0.1) is 0 Å². The predicted molar refractivity (Wildman–Crippen MR) is 69.4 cm³/mol. The number of piperazine rings is 1. The van der Waals surface area contributed by atoms with Gasteiger partial charge in [0.15, 0.2) is 0 Å². The maximum atomic E-state index is 11.8. The predicted octanol–water partition coefficient (Wildman–Crippen LogP) is -0.0326. The van der Waals surface area contributed by atoms with E-state index in [0.717, 1.165) is 32.7 Å². The molecule has 0 unspecified atom stereocenters. The summed E-state index contributed by atoms with van der Waals surface area (Å²) in [5.41, 5.74) is 0.0324. The lowest BCUT2D eigenvalue weighted by atomic mass is 10.3. The standard InChI is InChI=1S/C13H18N4O/c1-15-5-7-16(8-6-15)9-10-17-4-2-3-12(11-14)13(17)18/h2-4H,5-10H2,1H3. The highest BCUT2D eigenvalue weighted by atomic mass is 16.1. The first-order chi connectivity index (χ1) is 8.70. The molecule has 1 fully saturated rings. The van der Waals surface area contributed by atoms with Crippen LogP contribution in [0.2, 0.25) is 0 Å². The number of nitriles is 1. The van der Waals surface area contributed by atoms with Crippen molar-refractivity contribution >= 4 is 0 Å². The van der Waals surface area contributed by atoms with Crippen LogP contribution in [0, 0.1) is 11.3 Å². The van der Waals surface area contributed by atoms with Crippen LogP contribution < -0.4 is 5.56 Å². The van der Waals surface area contributed by atoms with E-state index in [0.29, 0.717) is 6.54 Å². The zero-order valence-corrected chi connectivity index (χ0v) is 10.7. The van der Waals surface area contributed by atoms with Crippen LogP contribution in [0.5, 0.6) is 0 Å². The third-order valence-electron chi connectivity index (χ3n) is 3.39. The second-order valence-electron chi connectivity index (χ2n) is 4.68. The van der Waals surface area contributed by atoms with E-state index in [4.69, 9.17) is 5.26 Å². The highest BCUT2D eigenvalue weighted by Gasteiger charge is 2.13. The summed E-state index contributed by atoms with van der Waals surface area (Å²) in [6.07, 6.45) is 1.75. The number of nitrogens with zero attached hydrogens (tertiary/aromatic N) is 4. The van der Waals surface area contributed by atoms with E-state index in [-0.39, 0.29) is 11.1 Å². The Kier molecular flexibility index (Phi) is 4.13. The van der Waals surface area contributed by atoms with Crippen LogP contribution in [0.25, 0.3) is 0 Å².